The maximum absolute atomic E-state index is 14.8. The van der Waals surface area contributed by atoms with E-state index in [4.69, 9.17) is 0 Å². The van der Waals surface area contributed by atoms with E-state index in [2.05, 4.69) is 0 Å². The van der Waals surface area contributed by atoms with E-state index < -0.39 is 63.7 Å². The van der Waals surface area contributed by atoms with Gasteiger partial charge in [0, 0.05) is 18.3 Å². The van der Waals surface area contributed by atoms with Crippen molar-refractivity contribution in [3.63, 3.8) is 0 Å². The van der Waals surface area contributed by atoms with E-state index >= 15 is 0 Å². The number of nitrogens with zero attached hydrogens (tertiary/aromatic N) is 3. The lowest BCUT2D eigenvalue weighted by Gasteiger charge is -2.28. The van der Waals surface area contributed by atoms with Crippen molar-refractivity contribution in [1.82, 2.24) is 4.31 Å². The van der Waals surface area contributed by atoms with Crippen molar-refractivity contribution in [3.05, 3.63) is 124 Å². The third-order valence-corrected chi connectivity index (χ3v) is 9.40. The molecule has 4 aromatic carbocycles. The van der Waals surface area contributed by atoms with Gasteiger partial charge in [0.2, 0.25) is 11.7 Å². The monoisotopic (exact) mass is 695 g/mol. The lowest BCUT2D eigenvalue weighted by Crippen LogP contribution is -2.38. The van der Waals surface area contributed by atoms with Crippen LogP contribution in [0.5, 0.6) is 5.75 Å². The molecule has 13 heteroatoms. The lowest BCUT2D eigenvalue weighted by molar-refractivity contribution is -0.118. The average Bonchev–Trinajstić information content (AvgIpc) is 3.11. The molecule has 1 amide bonds. The molecule has 0 unspecified atom stereocenters. The topological polar surface area (TPSA) is 105 Å². The molecule has 2 N–H and O–H groups in total. The summed E-state index contributed by atoms with van der Waals surface area (Å²) in [6, 6.07) is 19.2. The Bertz CT molecular complexity index is 1880. The number of phenols is 1. The molecule has 254 valence electrons. The van der Waals surface area contributed by atoms with Crippen molar-refractivity contribution in [2.75, 3.05) is 11.4 Å². The van der Waals surface area contributed by atoms with Crippen molar-refractivity contribution in [1.29, 1.82) is 5.26 Å². The van der Waals surface area contributed by atoms with Gasteiger partial charge in [0.25, 0.3) is 0 Å². The Hall–Kier alpha value is -4.93. The minimum Gasteiger partial charge on any atom is -0.507 e. The van der Waals surface area contributed by atoms with Crippen LogP contribution in [-0.2, 0) is 17.9 Å². The van der Waals surface area contributed by atoms with Crippen molar-refractivity contribution in [2.24, 2.45) is 0 Å². The van der Waals surface area contributed by atoms with Gasteiger partial charge in [-0.05, 0) is 71.7 Å². The van der Waals surface area contributed by atoms with E-state index in [0.29, 0.717) is 17.0 Å². The molecular formula is C36H30F5N3O4S. The van der Waals surface area contributed by atoms with E-state index in [9.17, 15) is 47.0 Å². The van der Waals surface area contributed by atoms with E-state index in [-0.39, 0.29) is 36.3 Å². The third-order valence-electron chi connectivity index (χ3n) is 8.34. The SMILES string of the molecule is N#Cc1cccc(CN(CC(=O)N(Cc2ccc(C3CCCCC3)cc2)c2ccc(C(=O)O)c(O)c2)Sc2c(F)c(F)c(F)c(F)c2F)c1. The van der Waals surface area contributed by atoms with Gasteiger partial charge in [-0.3, -0.25) is 4.79 Å². The first-order chi connectivity index (χ1) is 23.5. The Morgan fingerprint density at radius 1 is 0.816 bits per heavy atom. The molecule has 0 heterocycles. The van der Waals surface area contributed by atoms with E-state index in [0.717, 1.165) is 47.7 Å². The Labute approximate surface area is 283 Å². The van der Waals surface area contributed by atoms with Crippen molar-refractivity contribution >= 4 is 29.5 Å². The highest BCUT2D eigenvalue weighted by atomic mass is 32.2. The highest BCUT2D eigenvalue weighted by Crippen LogP contribution is 2.36. The van der Waals surface area contributed by atoms with Gasteiger partial charge in [-0.25, -0.2) is 31.1 Å². The zero-order chi connectivity index (χ0) is 35.2. The van der Waals surface area contributed by atoms with Gasteiger partial charge in [0.1, 0.15) is 16.2 Å². The normalized spacial score (nSPS) is 13.3. The Morgan fingerprint density at radius 3 is 2.08 bits per heavy atom. The van der Waals surface area contributed by atoms with Crippen LogP contribution in [-0.4, -0.2) is 32.9 Å². The fourth-order valence-electron chi connectivity index (χ4n) is 5.80. The summed E-state index contributed by atoms with van der Waals surface area (Å²) in [5.41, 5.74) is 2.16. The predicted octanol–water partition coefficient (Wildman–Crippen LogP) is 8.45. The van der Waals surface area contributed by atoms with Crippen molar-refractivity contribution in [3.8, 4) is 11.8 Å². The van der Waals surface area contributed by atoms with Crippen LogP contribution in [0.4, 0.5) is 27.6 Å². The molecule has 0 spiro atoms. The number of aromatic hydroxyl groups is 1. The van der Waals surface area contributed by atoms with Crippen LogP contribution in [0.2, 0.25) is 0 Å². The van der Waals surface area contributed by atoms with Gasteiger partial charge in [-0.2, -0.15) is 5.26 Å². The minimum absolute atomic E-state index is 0.0689. The standard InChI is InChI=1S/C36H30F5N3O4S/c37-30-31(38)33(40)35(34(41)32(30)39)49-43(18-23-6-4-5-22(15-23)17-42)20-29(46)44(26-13-14-27(36(47)48)28(45)16-26)19-21-9-11-25(12-10-21)24-7-2-1-3-8-24/h4-6,9-16,24,45H,1-3,7-8,18-20H2,(H,47,48). The number of carbonyl (C=O) groups excluding carboxylic acids is 1. The van der Waals surface area contributed by atoms with Gasteiger partial charge in [0.15, 0.2) is 23.3 Å². The molecule has 1 fully saturated rings. The van der Waals surface area contributed by atoms with Crippen molar-refractivity contribution < 1.29 is 41.8 Å². The lowest BCUT2D eigenvalue weighted by atomic mass is 9.84. The Balaban J connectivity index is 1.50. The number of nitriles is 1. The molecule has 0 bridgehead atoms. The highest BCUT2D eigenvalue weighted by molar-refractivity contribution is 7.97. The summed E-state index contributed by atoms with van der Waals surface area (Å²) in [6.07, 6.45) is 5.64. The molecule has 7 nitrogen and oxygen atoms in total. The smallest absolute Gasteiger partial charge is 0.339 e. The Morgan fingerprint density at radius 2 is 1.47 bits per heavy atom. The number of carboxylic acid groups (broad SMARTS) is 1. The van der Waals surface area contributed by atoms with Crippen LogP contribution in [0, 0.1) is 40.4 Å². The second-order valence-corrected chi connectivity index (χ2v) is 12.8. The predicted molar refractivity (Wildman–Crippen MR) is 172 cm³/mol. The van der Waals surface area contributed by atoms with Crippen LogP contribution in [0.3, 0.4) is 0 Å². The van der Waals surface area contributed by atoms with E-state index in [1.807, 2.05) is 30.3 Å². The van der Waals surface area contributed by atoms with Gasteiger partial charge in [0.05, 0.1) is 24.7 Å². The molecule has 0 aliphatic heterocycles. The molecule has 1 aliphatic carbocycles. The fraction of sp³-hybridized carbons (Fsp3) is 0.250. The number of carboxylic acids is 1. The maximum Gasteiger partial charge on any atom is 0.339 e. The zero-order valence-electron chi connectivity index (χ0n) is 25.9. The number of hydrogen-bond donors (Lipinski definition) is 2. The zero-order valence-corrected chi connectivity index (χ0v) is 26.8. The second-order valence-electron chi connectivity index (χ2n) is 11.7. The van der Waals surface area contributed by atoms with Crippen LogP contribution in [0.15, 0.2) is 71.6 Å². The molecule has 49 heavy (non-hydrogen) atoms. The first-order valence-electron chi connectivity index (χ1n) is 15.4. The van der Waals surface area contributed by atoms with Gasteiger partial charge in [-0.1, -0.05) is 55.7 Å². The molecule has 0 saturated heterocycles. The number of aromatic carboxylic acids is 1. The number of amides is 1. The summed E-state index contributed by atoms with van der Waals surface area (Å²) in [7, 11) is 0. The van der Waals surface area contributed by atoms with Crippen LogP contribution in [0.25, 0.3) is 0 Å². The number of rotatable bonds is 11. The molecule has 0 radical (unpaired) electrons. The number of halogens is 5. The summed E-state index contributed by atoms with van der Waals surface area (Å²) in [5.74, 6) is -13.1. The van der Waals surface area contributed by atoms with Gasteiger partial charge in [-0.15, -0.1) is 0 Å². The van der Waals surface area contributed by atoms with Gasteiger partial charge < -0.3 is 15.1 Å². The number of benzene rings is 4. The summed E-state index contributed by atoms with van der Waals surface area (Å²) in [5, 5.41) is 29.2. The summed E-state index contributed by atoms with van der Waals surface area (Å²) < 4.78 is 72.8. The van der Waals surface area contributed by atoms with Crippen molar-refractivity contribution in [2.45, 2.75) is 56.0 Å². The average molecular weight is 696 g/mol. The molecule has 1 saturated carbocycles. The van der Waals surface area contributed by atoms with Crippen LogP contribution in [0.1, 0.15) is 70.6 Å². The Kier molecular flexibility index (Phi) is 11.2. The van der Waals surface area contributed by atoms with E-state index in [1.54, 1.807) is 6.07 Å². The highest BCUT2D eigenvalue weighted by Gasteiger charge is 2.30. The molecular weight excluding hydrogens is 665 g/mol. The number of anilines is 1. The van der Waals surface area contributed by atoms with Crippen LogP contribution < -0.4 is 4.90 Å². The fourth-order valence-corrected chi connectivity index (χ4v) is 6.79. The summed E-state index contributed by atoms with van der Waals surface area (Å²) >= 11 is 0.141. The third kappa shape index (κ3) is 8.21. The molecule has 5 rings (SSSR count). The van der Waals surface area contributed by atoms with Crippen LogP contribution >= 0.6 is 11.9 Å². The largest absolute Gasteiger partial charge is 0.507 e. The molecule has 0 atom stereocenters. The molecule has 1 aliphatic rings. The van der Waals surface area contributed by atoms with E-state index in [1.165, 1.54) is 35.6 Å². The molecule has 4 aromatic rings. The maximum atomic E-state index is 14.8. The summed E-state index contributed by atoms with van der Waals surface area (Å²) in [4.78, 5) is 25.6. The quantitative estimate of drug-likeness (QED) is 0.0702. The molecule has 0 aromatic heterocycles. The number of carbonyl (C=O) groups is 2. The first-order valence-corrected chi connectivity index (χ1v) is 16.1. The van der Waals surface area contributed by atoms with Gasteiger partial charge >= 0.3 is 5.97 Å². The second kappa shape index (κ2) is 15.5. The first kappa shape index (κ1) is 35.4. The minimum atomic E-state index is -2.33. The number of hydrogen-bond acceptors (Lipinski definition) is 6. The summed E-state index contributed by atoms with van der Waals surface area (Å²) in [6.45, 7) is -0.984.